The summed E-state index contributed by atoms with van der Waals surface area (Å²) >= 11 is 0. The minimum atomic E-state index is -0.546. The van der Waals surface area contributed by atoms with Crippen LogP contribution in [-0.2, 0) is 9.31 Å². The van der Waals surface area contributed by atoms with Gasteiger partial charge < -0.3 is 14.4 Å². The highest BCUT2D eigenvalue weighted by Gasteiger charge is 2.52. The molecule has 184 valence electrons. The van der Waals surface area contributed by atoms with Crippen molar-refractivity contribution in [3.8, 4) is 0 Å². The van der Waals surface area contributed by atoms with Crippen LogP contribution in [0.15, 0.2) is 79.1 Å². The number of nitrogens with zero attached hydrogens (tertiary/aromatic N) is 2. The van der Waals surface area contributed by atoms with E-state index in [4.69, 9.17) is 14.3 Å². The molecule has 6 heteroatoms. The van der Waals surface area contributed by atoms with E-state index >= 15 is 0 Å². The highest BCUT2D eigenvalue weighted by molar-refractivity contribution is 6.65. The Morgan fingerprint density at radius 1 is 1.06 bits per heavy atom. The van der Waals surface area contributed by atoms with Crippen molar-refractivity contribution in [2.24, 2.45) is 0 Å². The Morgan fingerprint density at radius 2 is 1.75 bits per heavy atom. The van der Waals surface area contributed by atoms with Crippen LogP contribution in [0.5, 0.6) is 0 Å². The molecule has 0 bridgehead atoms. The van der Waals surface area contributed by atoms with Gasteiger partial charge in [0.1, 0.15) is 11.6 Å². The van der Waals surface area contributed by atoms with Crippen LogP contribution in [-0.4, -0.2) is 33.0 Å². The van der Waals surface area contributed by atoms with Crippen LogP contribution in [0, 0.1) is 0 Å². The van der Waals surface area contributed by atoms with Crippen LogP contribution >= 0.6 is 0 Å². The van der Waals surface area contributed by atoms with Crippen LogP contribution in [0.4, 0.5) is 0 Å². The summed E-state index contributed by atoms with van der Waals surface area (Å²) in [6, 6.07) is 16.5. The zero-order valence-corrected chi connectivity index (χ0v) is 21.7. The molecule has 0 atom stereocenters. The fraction of sp³-hybridized carbons (Fsp3) is 0.300. The second-order valence-corrected chi connectivity index (χ2v) is 10.4. The Labute approximate surface area is 213 Å². The van der Waals surface area contributed by atoms with Gasteiger partial charge in [0.15, 0.2) is 0 Å². The number of imidazole rings is 1. The molecule has 36 heavy (non-hydrogen) atoms. The smallest absolute Gasteiger partial charge is 0.497 e. The van der Waals surface area contributed by atoms with Gasteiger partial charge in [-0.15, -0.1) is 0 Å². The summed E-state index contributed by atoms with van der Waals surface area (Å²) in [5, 5.41) is 10.5. The third kappa shape index (κ3) is 3.95. The molecule has 1 saturated heterocycles. The Hall–Kier alpha value is -3.35. The molecule has 0 spiro atoms. The number of fused-ring (bicyclic) bond motifs is 1. The monoisotopic (exact) mass is 480 g/mol. The van der Waals surface area contributed by atoms with Gasteiger partial charge in [0.05, 0.1) is 27.8 Å². The number of aromatic nitrogens is 2. The van der Waals surface area contributed by atoms with Crippen molar-refractivity contribution in [1.29, 1.82) is 0 Å². The fourth-order valence-corrected chi connectivity index (χ4v) is 4.92. The topological polar surface area (TPSA) is 56.5 Å². The van der Waals surface area contributed by atoms with E-state index in [1.54, 1.807) is 0 Å². The van der Waals surface area contributed by atoms with Crippen molar-refractivity contribution in [2.75, 3.05) is 0 Å². The lowest BCUT2D eigenvalue weighted by molar-refractivity contribution is 0.00578. The van der Waals surface area contributed by atoms with Gasteiger partial charge in [-0.25, -0.2) is 4.98 Å². The maximum atomic E-state index is 10.5. The first-order valence-electron chi connectivity index (χ1n) is 12.5. The van der Waals surface area contributed by atoms with Crippen molar-refractivity contribution >= 4 is 40.5 Å². The standard InChI is InChI=1S/C30H33BN2O3/c1-7-22(20(2)34)28-32-27-24(31-35-29(3,4)30(5,6)36-31)17-13-19-26(27)33(28)25-18-12-11-16-23(25)21-14-9-8-10-15-21/h7-11,13-17,19,34H,2,12,18H2,1,3-6H3/b22-7+. The highest BCUT2D eigenvalue weighted by Crippen LogP contribution is 2.39. The van der Waals surface area contributed by atoms with E-state index in [0.29, 0.717) is 11.4 Å². The first-order chi connectivity index (χ1) is 17.1. The molecule has 0 saturated carbocycles. The summed E-state index contributed by atoms with van der Waals surface area (Å²) in [5.41, 5.74) is 5.70. The van der Waals surface area contributed by atoms with E-state index < -0.39 is 18.3 Å². The molecular weight excluding hydrogens is 447 g/mol. The maximum Gasteiger partial charge on any atom is 0.497 e. The molecule has 1 fully saturated rings. The average Bonchev–Trinajstić information content (AvgIpc) is 3.33. The molecule has 0 unspecified atom stereocenters. The van der Waals surface area contributed by atoms with Crippen molar-refractivity contribution in [2.45, 2.75) is 58.7 Å². The van der Waals surface area contributed by atoms with Crippen molar-refractivity contribution in [3.63, 3.8) is 0 Å². The predicted octanol–water partition coefficient (Wildman–Crippen LogP) is 6.53. The van der Waals surface area contributed by atoms with E-state index in [0.717, 1.165) is 46.2 Å². The van der Waals surface area contributed by atoms with Gasteiger partial charge in [0.25, 0.3) is 0 Å². The van der Waals surface area contributed by atoms with Gasteiger partial charge >= 0.3 is 7.12 Å². The molecule has 2 aromatic carbocycles. The van der Waals surface area contributed by atoms with Crippen LogP contribution in [0.3, 0.4) is 0 Å². The molecule has 1 aromatic heterocycles. The molecule has 5 nitrogen and oxygen atoms in total. The van der Waals surface area contributed by atoms with Gasteiger partial charge in [0.2, 0.25) is 0 Å². The van der Waals surface area contributed by atoms with Crippen LogP contribution in [0.2, 0.25) is 0 Å². The van der Waals surface area contributed by atoms with Crippen molar-refractivity contribution < 1.29 is 14.4 Å². The summed E-state index contributed by atoms with van der Waals surface area (Å²) in [7, 11) is -0.546. The Morgan fingerprint density at radius 3 is 2.39 bits per heavy atom. The van der Waals surface area contributed by atoms with Crippen LogP contribution < -0.4 is 5.46 Å². The molecule has 0 radical (unpaired) electrons. The number of hydrogen-bond donors (Lipinski definition) is 1. The Balaban J connectivity index is 1.79. The fourth-order valence-electron chi connectivity index (χ4n) is 4.92. The number of benzene rings is 2. The summed E-state index contributed by atoms with van der Waals surface area (Å²) in [6.07, 6.45) is 8.02. The van der Waals surface area contributed by atoms with E-state index in [-0.39, 0.29) is 5.76 Å². The van der Waals surface area contributed by atoms with Gasteiger partial charge in [-0.05, 0) is 59.1 Å². The highest BCUT2D eigenvalue weighted by atomic mass is 16.7. The van der Waals surface area contributed by atoms with Crippen LogP contribution in [0.1, 0.15) is 58.8 Å². The first-order valence-corrected chi connectivity index (χ1v) is 12.5. The summed E-state index contributed by atoms with van der Waals surface area (Å²) in [5.74, 6) is 0.641. The second kappa shape index (κ2) is 8.95. The lowest BCUT2D eigenvalue weighted by Gasteiger charge is -2.32. The number of allylic oxidation sites excluding steroid dienone is 6. The Bertz CT molecular complexity index is 1410. The predicted molar refractivity (Wildman–Crippen MR) is 149 cm³/mol. The lowest BCUT2D eigenvalue weighted by atomic mass is 9.78. The van der Waals surface area contributed by atoms with Crippen molar-refractivity contribution in [1.82, 2.24) is 9.55 Å². The molecule has 2 heterocycles. The number of hydrogen-bond acceptors (Lipinski definition) is 4. The maximum absolute atomic E-state index is 10.5. The minimum absolute atomic E-state index is 0.0144. The number of para-hydroxylation sites is 1. The largest absolute Gasteiger partial charge is 0.508 e. The van der Waals surface area contributed by atoms with E-state index in [1.807, 2.05) is 31.2 Å². The number of rotatable bonds is 5. The number of aliphatic hydroxyl groups is 1. The van der Waals surface area contributed by atoms with E-state index in [9.17, 15) is 5.11 Å². The quantitative estimate of drug-likeness (QED) is 0.256. The Kier molecular flexibility index (Phi) is 6.05. The van der Waals surface area contributed by atoms with Gasteiger partial charge in [-0.1, -0.05) is 67.3 Å². The zero-order valence-electron chi connectivity index (χ0n) is 21.7. The number of aliphatic hydroxyl groups excluding tert-OH is 1. The summed E-state index contributed by atoms with van der Waals surface area (Å²) < 4.78 is 15.0. The molecule has 1 N–H and O–H groups in total. The minimum Gasteiger partial charge on any atom is -0.508 e. The van der Waals surface area contributed by atoms with Gasteiger partial charge in [-0.2, -0.15) is 0 Å². The zero-order chi connectivity index (χ0) is 25.7. The third-order valence-corrected chi connectivity index (χ3v) is 7.56. The van der Waals surface area contributed by atoms with E-state index in [2.05, 4.69) is 81.3 Å². The molecular formula is C30H33BN2O3. The van der Waals surface area contributed by atoms with Crippen LogP contribution in [0.25, 0.3) is 27.9 Å². The second-order valence-electron chi connectivity index (χ2n) is 10.4. The molecule has 0 amide bonds. The van der Waals surface area contributed by atoms with Gasteiger partial charge in [-0.3, -0.25) is 4.57 Å². The molecule has 1 aliphatic carbocycles. The van der Waals surface area contributed by atoms with E-state index in [1.165, 1.54) is 0 Å². The molecule has 5 rings (SSSR count). The molecule has 3 aromatic rings. The first kappa shape index (κ1) is 24.4. The molecule has 2 aliphatic rings. The average molecular weight is 480 g/mol. The van der Waals surface area contributed by atoms with Crippen molar-refractivity contribution in [3.05, 3.63) is 90.5 Å². The normalized spacial score (nSPS) is 19.4. The third-order valence-electron chi connectivity index (χ3n) is 7.56. The molecule has 1 aliphatic heterocycles. The summed E-state index contributed by atoms with van der Waals surface area (Å²) in [4.78, 5) is 5.10. The lowest BCUT2D eigenvalue weighted by Crippen LogP contribution is -2.41. The SMILES string of the molecule is C=C(O)/C(=C\C)c1nc2c(B3OC(C)(C)C(C)(C)O3)cccc2n1C1=C(c2ccccc2)C=CCC1. The summed E-state index contributed by atoms with van der Waals surface area (Å²) in [6.45, 7) is 13.9. The van der Waals surface area contributed by atoms with Gasteiger partial charge in [0, 0.05) is 16.7 Å².